The number of aryl methyl sites for hydroxylation is 1. The van der Waals surface area contributed by atoms with Gasteiger partial charge >= 0.3 is 5.97 Å². The summed E-state index contributed by atoms with van der Waals surface area (Å²) in [6.07, 6.45) is 4.17. The maximum Gasteiger partial charge on any atom is 0.335 e. The number of hydrogen-bond donors (Lipinski definition) is 1. The summed E-state index contributed by atoms with van der Waals surface area (Å²) in [4.78, 5) is 10.9. The van der Waals surface area contributed by atoms with Crippen LogP contribution in [0.15, 0.2) is 12.1 Å². The van der Waals surface area contributed by atoms with Crippen molar-refractivity contribution < 1.29 is 14.3 Å². The molecule has 1 aromatic carbocycles. The van der Waals surface area contributed by atoms with Gasteiger partial charge in [-0.1, -0.05) is 12.8 Å². The molecule has 0 aromatic heterocycles. The zero-order valence-electron chi connectivity index (χ0n) is 9.29. The van der Waals surface area contributed by atoms with E-state index in [0.717, 1.165) is 25.7 Å². The third-order valence-electron chi connectivity index (χ3n) is 3.32. The van der Waals surface area contributed by atoms with Crippen molar-refractivity contribution in [2.45, 2.75) is 38.5 Å². The van der Waals surface area contributed by atoms with Crippen LogP contribution in [0.5, 0.6) is 0 Å². The number of rotatable bonds is 2. The molecule has 16 heavy (non-hydrogen) atoms. The van der Waals surface area contributed by atoms with E-state index < -0.39 is 5.97 Å². The topological polar surface area (TPSA) is 37.3 Å². The van der Waals surface area contributed by atoms with Crippen LogP contribution in [0.2, 0.25) is 0 Å². The van der Waals surface area contributed by atoms with E-state index in [1.807, 2.05) is 0 Å². The fourth-order valence-electron chi connectivity index (χ4n) is 2.45. The molecule has 0 unspecified atom stereocenters. The molecule has 1 N–H and O–H groups in total. The number of aromatic carboxylic acids is 1. The van der Waals surface area contributed by atoms with Gasteiger partial charge in [-0.15, -0.1) is 0 Å². The molecule has 1 aliphatic rings. The summed E-state index contributed by atoms with van der Waals surface area (Å²) in [7, 11) is 0. The molecule has 0 heterocycles. The Morgan fingerprint density at radius 2 is 2.00 bits per heavy atom. The average molecular weight is 222 g/mol. The molecule has 0 aliphatic heterocycles. The number of carboxylic acid groups (broad SMARTS) is 1. The number of carboxylic acids is 1. The van der Waals surface area contributed by atoms with Gasteiger partial charge < -0.3 is 5.11 Å². The summed E-state index contributed by atoms with van der Waals surface area (Å²) in [6, 6.07) is 2.90. The summed E-state index contributed by atoms with van der Waals surface area (Å²) in [5.74, 6) is -1.00. The molecular weight excluding hydrogens is 207 g/mol. The minimum absolute atomic E-state index is 0.195. The molecule has 0 atom stereocenters. The van der Waals surface area contributed by atoms with Crippen LogP contribution in [0.4, 0.5) is 4.39 Å². The van der Waals surface area contributed by atoms with Crippen molar-refractivity contribution in [3.8, 4) is 0 Å². The zero-order valence-corrected chi connectivity index (χ0v) is 9.29. The van der Waals surface area contributed by atoms with Crippen LogP contribution in [0.1, 0.15) is 53.1 Å². The lowest BCUT2D eigenvalue weighted by Crippen LogP contribution is -2.04. The van der Waals surface area contributed by atoms with Crippen LogP contribution in [-0.2, 0) is 0 Å². The first kappa shape index (κ1) is 11.1. The van der Waals surface area contributed by atoms with Gasteiger partial charge in [0.15, 0.2) is 0 Å². The van der Waals surface area contributed by atoms with E-state index in [2.05, 4.69) is 0 Å². The molecule has 2 rings (SSSR count). The van der Waals surface area contributed by atoms with Crippen LogP contribution in [0.3, 0.4) is 0 Å². The molecule has 1 fully saturated rings. The van der Waals surface area contributed by atoms with Gasteiger partial charge in [0.25, 0.3) is 0 Å². The molecule has 0 bridgehead atoms. The highest BCUT2D eigenvalue weighted by atomic mass is 19.1. The second kappa shape index (κ2) is 4.24. The monoisotopic (exact) mass is 222 g/mol. The molecule has 1 aliphatic carbocycles. The molecule has 0 amide bonds. The first-order valence-electron chi connectivity index (χ1n) is 5.63. The van der Waals surface area contributed by atoms with Crippen LogP contribution in [0.25, 0.3) is 0 Å². The Hall–Kier alpha value is -1.38. The number of benzene rings is 1. The molecular formula is C13H15FO2. The second-order valence-corrected chi connectivity index (χ2v) is 4.48. The fourth-order valence-corrected chi connectivity index (χ4v) is 2.45. The predicted octanol–water partition coefficient (Wildman–Crippen LogP) is 3.49. The molecule has 2 nitrogen and oxygen atoms in total. The molecule has 0 spiro atoms. The van der Waals surface area contributed by atoms with Crippen LogP contribution in [0, 0.1) is 12.7 Å². The van der Waals surface area contributed by atoms with Gasteiger partial charge in [-0.3, -0.25) is 0 Å². The minimum atomic E-state index is -0.984. The Morgan fingerprint density at radius 1 is 1.38 bits per heavy atom. The number of carbonyl (C=O) groups is 1. The Morgan fingerprint density at radius 3 is 2.56 bits per heavy atom. The van der Waals surface area contributed by atoms with E-state index in [4.69, 9.17) is 5.11 Å². The summed E-state index contributed by atoms with van der Waals surface area (Å²) in [6.45, 7) is 1.63. The second-order valence-electron chi connectivity index (χ2n) is 4.48. The highest BCUT2D eigenvalue weighted by molar-refractivity contribution is 5.88. The molecule has 86 valence electrons. The smallest absolute Gasteiger partial charge is 0.335 e. The highest BCUT2D eigenvalue weighted by Gasteiger charge is 2.22. The standard InChI is InChI=1S/C13H15FO2/c1-8-6-10(13(15)16)7-11(12(8)14)9-4-2-3-5-9/h6-7,9H,2-5H2,1H3,(H,15,16). The molecule has 1 saturated carbocycles. The van der Waals surface area contributed by atoms with Gasteiger partial charge in [0.1, 0.15) is 5.82 Å². The predicted molar refractivity (Wildman–Crippen MR) is 59.3 cm³/mol. The Bertz CT molecular complexity index is 420. The van der Waals surface area contributed by atoms with Crippen molar-refractivity contribution >= 4 is 5.97 Å². The lowest BCUT2D eigenvalue weighted by molar-refractivity contribution is 0.0696. The maximum absolute atomic E-state index is 13.9. The summed E-state index contributed by atoms with van der Waals surface area (Å²) in [5.41, 5.74) is 1.22. The van der Waals surface area contributed by atoms with Crippen LogP contribution < -0.4 is 0 Å². The minimum Gasteiger partial charge on any atom is -0.478 e. The van der Waals surface area contributed by atoms with Crippen LogP contribution in [-0.4, -0.2) is 11.1 Å². The van der Waals surface area contributed by atoms with Gasteiger partial charge in [-0.2, -0.15) is 0 Å². The molecule has 0 saturated heterocycles. The third kappa shape index (κ3) is 1.94. The van der Waals surface area contributed by atoms with Gasteiger partial charge in [-0.05, 0) is 48.9 Å². The Labute approximate surface area is 94.1 Å². The third-order valence-corrected chi connectivity index (χ3v) is 3.32. The van der Waals surface area contributed by atoms with E-state index in [9.17, 15) is 9.18 Å². The Balaban J connectivity index is 2.45. The van der Waals surface area contributed by atoms with E-state index >= 15 is 0 Å². The highest BCUT2D eigenvalue weighted by Crippen LogP contribution is 2.36. The normalized spacial score (nSPS) is 16.6. The van der Waals surface area contributed by atoms with Gasteiger partial charge in [-0.25, -0.2) is 9.18 Å². The zero-order chi connectivity index (χ0) is 11.7. The summed E-state index contributed by atoms with van der Waals surface area (Å²) >= 11 is 0. The SMILES string of the molecule is Cc1cc(C(=O)O)cc(C2CCCC2)c1F. The van der Waals surface area contributed by atoms with Crippen molar-refractivity contribution in [3.63, 3.8) is 0 Å². The van der Waals surface area contributed by atoms with E-state index in [1.54, 1.807) is 6.92 Å². The molecule has 1 aromatic rings. The van der Waals surface area contributed by atoms with Crippen molar-refractivity contribution in [2.75, 3.05) is 0 Å². The van der Waals surface area contributed by atoms with E-state index in [1.165, 1.54) is 12.1 Å². The largest absolute Gasteiger partial charge is 0.478 e. The average Bonchev–Trinajstić information content (AvgIpc) is 2.74. The van der Waals surface area contributed by atoms with Crippen molar-refractivity contribution in [2.24, 2.45) is 0 Å². The van der Waals surface area contributed by atoms with Crippen molar-refractivity contribution in [1.29, 1.82) is 0 Å². The quantitative estimate of drug-likeness (QED) is 0.831. The first-order valence-corrected chi connectivity index (χ1v) is 5.63. The lowest BCUT2D eigenvalue weighted by Gasteiger charge is -2.13. The van der Waals surface area contributed by atoms with Gasteiger partial charge in [0, 0.05) is 0 Å². The number of hydrogen-bond acceptors (Lipinski definition) is 1. The van der Waals surface area contributed by atoms with E-state index in [0.29, 0.717) is 11.1 Å². The van der Waals surface area contributed by atoms with E-state index in [-0.39, 0.29) is 17.3 Å². The summed E-state index contributed by atoms with van der Waals surface area (Å²) in [5, 5.41) is 8.94. The Kier molecular flexibility index (Phi) is 2.95. The number of halogens is 1. The fraction of sp³-hybridized carbons (Fsp3) is 0.462. The molecule has 3 heteroatoms. The molecule has 0 radical (unpaired) electrons. The van der Waals surface area contributed by atoms with Crippen LogP contribution >= 0.6 is 0 Å². The van der Waals surface area contributed by atoms with Gasteiger partial charge in [0.05, 0.1) is 5.56 Å². The summed E-state index contributed by atoms with van der Waals surface area (Å²) < 4.78 is 13.9. The maximum atomic E-state index is 13.9. The lowest BCUT2D eigenvalue weighted by atomic mass is 9.93. The first-order chi connectivity index (χ1) is 7.59. The van der Waals surface area contributed by atoms with Crippen molar-refractivity contribution in [1.82, 2.24) is 0 Å². The van der Waals surface area contributed by atoms with Gasteiger partial charge in [0.2, 0.25) is 0 Å². The van der Waals surface area contributed by atoms with Crippen molar-refractivity contribution in [3.05, 3.63) is 34.6 Å².